The van der Waals surface area contributed by atoms with Gasteiger partial charge in [0.1, 0.15) is 29.6 Å². The Balaban J connectivity index is 1.57. The first-order valence-electron chi connectivity index (χ1n) is 12.3. The summed E-state index contributed by atoms with van der Waals surface area (Å²) in [6.07, 6.45) is 3.13. The SMILES string of the molecule is COc1cc(/C(O)=C2\C(=O)C(=O)N(c3ccc(OCc4ccccc4)cc3)C2c2cccnc2)c(OC)cc1Cl. The number of hydrogen-bond acceptors (Lipinski definition) is 7. The number of hydrogen-bond donors (Lipinski definition) is 1. The van der Waals surface area contributed by atoms with Crippen molar-refractivity contribution in [2.45, 2.75) is 12.6 Å². The van der Waals surface area contributed by atoms with Gasteiger partial charge in [-0.3, -0.25) is 19.5 Å². The van der Waals surface area contributed by atoms with E-state index >= 15 is 0 Å². The van der Waals surface area contributed by atoms with E-state index in [9.17, 15) is 14.7 Å². The van der Waals surface area contributed by atoms with Crippen LogP contribution in [0.25, 0.3) is 5.76 Å². The Labute approximate surface area is 236 Å². The third-order valence-corrected chi connectivity index (χ3v) is 6.83. The van der Waals surface area contributed by atoms with E-state index in [0.29, 0.717) is 23.6 Å². The van der Waals surface area contributed by atoms with Crippen LogP contribution >= 0.6 is 11.6 Å². The van der Waals surface area contributed by atoms with E-state index in [0.717, 1.165) is 5.56 Å². The third-order valence-electron chi connectivity index (χ3n) is 6.54. The van der Waals surface area contributed by atoms with Crippen molar-refractivity contribution >= 4 is 34.7 Å². The van der Waals surface area contributed by atoms with Crippen LogP contribution < -0.4 is 19.1 Å². The quantitative estimate of drug-likeness (QED) is 0.162. The molecule has 0 saturated carbocycles. The minimum atomic E-state index is -0.962. The number of methoxy groups -OCH3 is 2. The molecule has 0 aliphatic carbocycles. The number of pyridine rings is 1. The van der Waals surface area contributed by atoms with Gasteiger partial charge in [-0.2, -0.15) is 0 Å². The molecule has 1 aromatic heterocycles. The fourth-order valence-electron chi connectivity index (χ4n) is 4.59. The number of aliphatic hydroxyl groups excluding tert-OH is 1. The summed E-state index contributed by atoms with van der Waals surface area (Å²) in [6, 6.07) is 22.0. The Bertz CT molecular complexity index is 1570. The number of aromatic nitrogens is 1. The number of halogens is 1. The molecule has 0 bridgehead atoms. The van der Waals surface area contributed by atoms with Gasteiger partial charge in [-0.25, -0.2) is 0 Å². The van der Waals surface area contributed by atoms with Crippen LogP contribution in [0.2, 0.25) is 5.02 Å². The predicted molar refractivity (Wildman–Crippen MR) is 151 cm³/mol. The zero-order valence-electron chi connectivity index (χ0n) is 21.7. The summed E-state index contributed by atoms with van der Waals surface area (Å²) in [6.45, 7) is 0.382. The van der Waals surface area contributed by atoms with Gasteiger partial charge in [-0.05, 0) is 47.5 Å². The van der Waals surface area contributed by atoms with Crippen LogP contribution in [-0.2, 0) is 16.2 Å². The van der Waals surface area contributed by atoms with E-state index in [4.69, 9.17) is 25.8 Å². The van der Waals surface area contributed by atoms with Gasteiger partial charge in [0.15, 0.2) is 0 Å². The number of benzene rings is 3. The summed E-state index contributed by atoms with van der Waals surface area (Å²) >= 11 is 6.24. The van der Waals surface area contributed by atoms with Crippen LogP contribution in [0.1, 0.15) is 22.7 Å². The first kappa shape index (κ1) is 26.8. The van der Waals surface area contributed by atoms with E-state index in [1.165, 1.54) is 31.3 Å². The summed E-state index contributed by atoms with van der Waals surface area (Å²) in [5.74, 6) is -1.01. The minimum Gasteiger partial charge on any atom is -0.507 e. The molecule has 1 fully saturated rings. The van der Waals surface area contributed by atoms with Crippen molar-refractivity contribution in [3.8, 4) is 17.2 Å². The van der Waals surface area contributed by atoms with Gasteiger partial charge in [0.05, 0.1) is 36.4 Å². The van der Waals surface area contributed by atoms with E-state index in [1.807, 2.05) is 30.3 Å². The average Bonchev–Trinajstić information content (AvgIpc) is 3.26. The van der Waals surface area contributed by atoms with Crippen LogP contribution in [-0.4, -0.2) is 36.0 Å². The Hall–Kier alpha value is -4.82. The molecule has 5 rings (SSSR count). The number of nitrogens with zero attached hydrogens (tertiary/aromatic N) is 2. The number of amides is 1. The number of Topliss-reactive ketones (excluding diaryl/α,β-unsaturated/α-hetero) is 1. The zero-order valence-corrected chi connectivity index (χ0v) is 22.5. The molecule has 3 aromatic carbocycles. The molecule has 40 heavy (non-hydrogen) atoms. The molecule has 1 atom stereocenters. The maximum Gasteiger partial charge on any atom is 0.300 e. The molecule has 9 heteroatoms. The van der Waals surface area contributed by atoms with Gasteiger partial charge in [-0.15, -0.1) is 0 Å². The fourth-order valence-corrected chi connectivity index (χ4v) is 4.82. The molecule has 4 aromatic rings. The summed E-state index contributed by atoms with van der Waals surface area (Å²) in [4.78, 5) is 32.5. The predicted octanol–water partition coefficient (Wildman–Crippen LogP) is 5.96. The molecule has 1 aliphatic rings. The van der Waals surface area contributed by atoms with E-state index in [-0.39, 0.29) is 27.7 Å². The van der Waals surface area contributed by atoms with Crippen LogP contribution in [0.15, 0.2) is 96.8 Å². The van der Waals surface area contributed by atoms with Gasteiger partial charge in [0, 0.05) is 24.1 Å². The lowest BCUT2D eigenvalue weighted by atomic mass is 9.95. The lowest BCUT2D eigenvalue weighted by Crippen LogP contribution is -2.29. The maximum atomic E-state index is 13.5. The van der Waals surface area contributed by atoms with Crippen molar-refractivity contribution in [2.75, 3.05) is 19.1 Å². The summed E-state index contributed by atoms with van der Waals surface area (Å²) in [5.41, 5.74) is 2.03. The number of ether oxygens (including phenoxy) is 3. The molecular formula is C31H25ClN2O6. The third kappa shape index (κ3) is 5.09. The van der Waals surface area contributed by atoms with Gasteiger partial charge in [0.2, 0.25) is 0 Å². The van der Waals surface area contributed by atoms with Gasteiger partial charge in [0.25, 0.3) is 11.7 Å². The summed E-state index contributed by atoms with van der Waals surface area (Å²) in [5, 5.41) is 11.8. The second kappa shape index (κ2) is 11.5. The summed E-state index contributed by atoms with van der Waals surface area (Å²) < 4.78 is 16.6. The summed E-state index contributed by atoms with van der Waals surface area (Å²) in [7, 11) is 2.84. The second-order valence-electron chi connectivity index (χ2n) is 8.91. The smallest absolute Gasteiger partial charge is 0.300 e. The van der Waals surface area contributed by atoms with Gasteiger partial charge in [-0.1, -0.05) is 48.0 Å². The van der Waals surface area contributed by atoms with Crippen molar-refractivity contribution in [1.29, 1.82) is 0 Å². The van der Waals surface area contributed by atoms with E-state index < -0.39 is 23.5 Å². The van der Waals surface area contributed by atoms with Crippen molar-refractivity contribution in [3.05, 3.63) is 119 Å². The van der Waals surface area contributed by atoms with Crippen molar-refractivity contribution in [2.24, 2.45) is 0 Å². The number of aliphatic hydroxyl groups is 1. The number of carbonyl (C=O) groups is 2. The molecule has 8 nitrogen and oxygen atoms in total. The van der Waals surface area contributed by atoms with Crippen LogP contribution in [0.5, 0.6) is 17.2 Å². The molecule has 1 amide bonds. The molecule has 1 saturated heterocycles. The standard InChI is InChI=1S/C31H25ClN2O6/c1-38-25-16-24(32)26(39-2)15-23(25)29(35)27-28(20-9-6-14-33-17-20)34(31(37)30(27)36)21-10-12-22(13-11-21)40-18-19-7-4-3-5-8-19/h3-17,28,35H,18H2,1-2H3/b29-27+. The first-order chi connectivity index (χ1) is 19.4. The molecule has 0 radical (unpaired) electrons. The molecular weight excluding hydrogens is 532 g/mol. The zero-order chi connectivity index (χ0) is 28.2. The average molecular weight is 557 g/mol. The Morgan fingerprint density at radius 2 is 1.68 bits per heavy atom. The normalized spacial score (nSPS) is 16.2. The molecule has 0 spiro atoms. The number of anilines is 1. The van der Waals surface area contributed by atoms with Crippen molar-refractivity contribution < 1.29 is 28.9 Å². The minimum absolute atomic E-state index is 0.120. The molecule has 202 valence electrons. The number of carbonyl (C=O) groups excluding carboxylic acids is 2. The Kier molecular flexibility index (Phi) is 7.70. The number of ketones is 1. The molecule has 1 N–H and O–H groups in total. The van der Waals surface area contributed by atoms with Crippen molar-refractivity contribution in [3.63, 3.8) is 0 Å². The number of rotatable bonds is 8. The van der Waals surface area contributed by atoms with Crippen molar-refractivity contribution in [1.82, 2.24) is 4.98 Å². The topological polar surface area (TPSA) is 98.2 Å². The first-order valence-corrected chi connectivity index (χ1v) is 12.7. The lowest BCUT2D eigenvalue weighted by molar-refractivity contribution is -0.132. The highest BCUT2D eigenvalue weighted by molar-refractivity contribution is 6.51. The molecule has 2 heterocycles. The highest BCUT2D eigenvalue weighted by Gasteiger charge is 2.47. The van der Waals surface area contributed by atoms with Crippen LogP contribution in [0.3, 0.4) is 0 Å². The van der Waals surface area contributed by atoms with E-state index in [1.54, 1.807) is 48.8 Å². The maximum absolute atomic E-state index is 13.5. The second-order valence-corrected chi connectivity index (χ2v) is 9.32. The lowest BCUT2D eigenvalue weighted by Gasteiger charge is -2.25. The van der Waals surface area contributed by atoms with Gasteiger partial charge < -0.3 is 19.3 Å². The monoisotopic (exact) mass is 556 g/mol. The van der Waals surface area contributed by atoms with Crippen LogP contribution in [0, 0.1) is 0 Å². The highest BCUT2D eigenvalue weighted by Crippen LogP contribution is 2.44. The highest BCUT2D eigenvalue weighted by atomic mass is 35.5. The Morgan fingerprint density at radius 3 is 2.33 bits per heavy atom. The van der Waals surface area contributed by atoms with E-state index in [2.05, 4.69) is 4.98 Å². The van der Waals surface area contributed by atoms with Crippen LogP contribution in [0.4, 0.5) is 5.69 Å². The largest absolute Gasteiger partial charge is 0.507 e. The Morgan fingerprint density at radius 1 is 0.950 bits per heavy atom. The fraction of sp³-hybridized carbons (Fsp3) is 0.129. The van der Waals surface area contributed by atoms with Gasteiger partial charge >= 0.3 is 0 Å². The molecule has 1 unspecified atom stereocenters. The molecule has 1 aliphatic heterocycles.